The molecule has 3 heterocycles. The molecule has 1 aliphatic heterocycles. The summed E-state index contributed by atoms with van der Waals surface area (Å²) < 4.78 is 0. The summed E-state index contributed by atoms with van der Waals surface area (Å²) in [5.74, 6) is 1.89. The molecule has 3 aromatic rings. The molecule has 1 aromatic carbocycles. The van der Waals surface area contributed by atoms with Crippen LogP contribution in [0.5, 0.6) is 0 Å². The van der Waals surface area contributed by atoms with Crippen LogP contribution in [0.2, 0.25) is 0 Å². The van der Waals surface area contributed by atoms with Gasteiger partial charge in [-0.2, -0.15) is 0 Å². The normalized spacial score (nSPS) is 14.0. The van der Waals surface area contributed by atoms with E-state index in [0.717, 1.165) is 5.69 Å². The van der Waals surface area contributed by atoms with Crippen LogP contribution in [0.4, 0.5) is 17.5 Å². The van der Waals surface area contributed by atoms with Crippen molar-refractivity contribution in [2.75, 3.05) is 43.0 Å². The molecular weight excluding hydrogens is 366 g/mol. The Balaban J connectivity index is 1.49. The highest BCUT2D eigenvalue weighted by molar-refractivity contribution is 5.93. The number of para-hydroxylation sites is 1. The zero-order chi connectivity index (χ0) is 20.2. The minimum atomic E-state index is -0.0770. The Morgan fingerprint density at radius 3 is 2.34 bits per heavy atom. The molecule has 0 radical (unpaired) electrons. The van der Waals surface area contributed by atoms with Crippen LogP contribution >= 0.6 is 0 Å². The second-order valence-corrected chi connectivity index (χ2v) is 6.88. The molecule has 0 unspecified atom stereocenters. The number of amides is 1. The van der Waals surface area contributed by atoms with Gasteiger partial charge in [0.2, 0.25) is 5.95 Å². The number of aryl methyl sites for hydroxylation is 1. The lowest BCUT2D eigenvalue weighted by Crippen LogP contribution is -2.49. The number of anilines is 3. The standard InChI is InChI=1S/C21H23N7O/c1-16-24-18(15-19(25-16)26(2)17-7-4-3-5-8-17)20(29)27-11-13-28(14-12-27)21-22-9-6-10-23-21/h3-10,15H,11-14H2,1-2H3. The first kappa shape index (κ1) is 18.8. The molecule has 1 saturated heterocycles. The summed E-state index contributed by atoms with van der Waals surface area (Å²) in [7, 11) is 1.93. The molecule has 0 N–H and O–H groups in total. The fraction of sp³-hybridized carbons (Fsp3) is 0.286. The highest BCUT2D eigenvalue weighted by atomic mass is 16.2. The van der Waals surface area contributed by atoms with Gasteiger partial charge in [0.25, 0.3) is 5.91 Å². The molecule has 1 fully saturated rings. The average molecular weight is 389 g/mol. The van der Waals surface area contributed by atoms with Crippen molar-refractivity contribution in [1.82, 2.24) is 24.8 Å². The van der Waals surface area contributed by atoms with E-state index in [1.807, 2.05) is 54.1 Å². The van der Waals surface area contributed by atoms with Crippen molar-refractivity contribution in [3.8, 4) is 0 Å². The minimum Gasteiger partial charge on any atom is -0.337 e. The smallest absolute Gasteiger partial charge is 0.272 e. The van der Waals surface area contributed by atoms with E-state index in [2.05, 4.69) is 24.8 Å². The van der Waals surface area contributed by atoms with E-state index in [9.17, 15) is 4.79 Å². The third-order valence-corrected chi connectivity index (χ3v) is 4.93. The maximum absolute atomic E-state index is 13.1. The number of piperazine rings is 1. The number of nitrogens with zero attached hydrogens (tertiary/aromatic N) is 7. The number of benzene rings is 1. The molecule has 8 nitrogen and oxygen atoms in total. The van der Waals surface area contributed by atoms with Crippen molar-refractivity contribution in [3.63, 3.8) is 0 Å². The number of rotatable bonds is 4. The molecule has 0 aliphatic carbocycles. The van der Waals surface area contributed by atoms with E-state index < -0.39 is 0 Å². The molecule has 29 heavy (non-hydrogen) atoms. The van der Waals surface area contributed by atoms with E-state index in [4.69, 9.17) is 0 Å². The van der Waals surface area contributed by atoms with Crippen molar-refractivity contribution in [1.29, 1.82) is 0 Å². The molecule has 1 amide bonds. The van der Waals surface area contributed by atoms with Crippen molar-refractivity contribution >= 4 is 23.4 Å². The van der Waals surface area contributed by atoms with E-state index in [1.165, 1.54) is 0 Å². The summed E-state index contributed by atoms with van der Waals surface area (Å²) >= 11 is 0. The Morgan fingerprint density at radius 2 is 1.66 bits per heavy atom. The molecule has 1 aliphatic rings. The van der Waals surface area contributed by atoms with Gasteiger partial charge < -0.3 is 14.7 Å². The second-order valence-electron chi connectivity index (χ2n) is 6.88. The van der Waals surface area contributed by atoms with E-state index >= 15 is 0 Å². The fourth-order valence-electron chi connectivity index (χ4n) is 3.34. The largest absolute Gasteiger partial charge is 0.337 e. The molecule has 148 valence electrons. The molecule has 0 atom stereocenters. The van der Waals surface area contributed by atoms with E-state index in [0.29, 0.717) is 49.5 Å². The van der Waals surface area contributed by atoms with E-state index in [1.54, 1.807) is 24.5 Å². The summed E-state index contributed by atoms with van der Waals surface area (Å²) in [6.07, 6.45) is 3.46. The molecule has 2 aromatic heterocycles. The van der Waals surface area contributed by atoms with Gasteiger partial charge in [0.15, 0.2) is 0 Å². The van der Waals surface area contributed by atoms with Crippen LogP contribution in [0.15, 0.2) is 54.9 Å². The Labute approximate surface area is 169 Å². The lowest BCUT2D eigenvalue weighted by Gasteiger charge is -2.34. The highest BCUT2D eigenvalue weighted by Gasteiger charge is 2.25. The molecule has 8 heteroatoms. The predicted octanol–water partition coefficient (Wildman–Crippen LogP) is 2.31. The zero-order valence-electron chi connectivity index (χ0n) is 16.6. The monoisotopic (exact) mass is 389 g/mol. The minimum absolute atomic E-state index is 0.0770. The zero-order valence-corrected chi connectivity index (χ0v) is 16.6. The summed E-state index contributed by atoms with van der Waals surface area (Å²) in [6.45, 7) is 4.39. The van der Waals surface area contributed by atoms with Gasteiger partial charge in [0, 0.05) is 57.4 Å². The van der Waals surface area contributed by atoms with Crippen molar-refractivity contribution in [2.45, 2.75) is 6.92 Å². The Hall–Kier alpha value is -3.55. The number of aromatic nitrogens is 4. The van der Waals surface area contributed by atoms with Gasteiger partial charge in [0.05, 0.1) is 0 Å². The van der Waals surface area contributed by atoms with Gasteiger partial charge in [-0.1, -0.05) is 18.2 Å². The highest BCUT2D eigenvalue weighted by Crippen LogP contribution is 2.22. The van der Waals surface area contributed by atoms with Crippen molar-refractivity contribution in [3.05, 3.63) is 66.4 Å². The van der Waals surface area contributed by atoms with Crippen LogP contribution < -0.4 is 9.80 Å². The topological polar surface area (TPSA) is 78.4 Å². The first-order valence-electron chi connectivity index (χ1n) is 9.57. The third-order valence-electron chi connectivity index (χ3n) is 4.93. The SMILES string of the molecule is Cc1nc(C(=O)N2CCN(c3ncccn3)CC2)cc(N(C)c2ccccc2)n1. The summed E-state index contributed by atoms with van der Waals surface area (Å²) in [5, 5.41) is 0. The maximum atomic E-state index is 13.1. The van der Waals surface area contributed by atoms with E-state index in [-0.39, 0.29) is 5.91 Å². The first-order valence-corrected chi connectivity index (χ1v) is 9.57. The Bertz CT molecular complexity index is 973. The van der Waals surface area contributed by atoms with Gasteiger partial charge in [-0.3, -0.25) is 4.79 Å². The molecule has 0 spiro atoms. The molecule has 0 saturated carbocycles. The lowest BCUT2D eigenvalue weighted by molar-refractivity contribution is 0.0740. The van der Waals surface area contributed by atoms with Gasteiger partial charge in [0.1, 0.15) is 17.3 Å². The maximum Gasteiger partial charge on any atom is 0.272 e. The predicted molar refractivity (Wildman–Crippen MR) is 111 cm³/mol. The Kier molecular flexibility index (Phi) is 5.33. The third kappa shape index (κ3) is 4.16. The quantitative estimate of drug-likeness (QED) is 0.677. The second kappa shape index (κ2) is 8.22. The van der Waals surface area contributed by atoms with Crippen LogP contribution in [0.3, 0.4) is 0 Å². The molecular formula is C21H23N7O. The summed E-state index contributed by atoms with van der Waals surface area (Å²) in [5.41, 5.74) is 1.42. The fourth-order valence-corrected chi connectivity index (χ4v) is 3.34. The summed E-state index contributed by atoms with van der Waals surface area (Å²) in [6, 6.07) is 13.5. The number of hydrogen-bond acceptors (Lipinski definition) is 7. The van der Waals surface area contributed by atoms with Crippen LogP contribution in [0.25, 0.3) is 0 Å². The summed E-state index contributed by atoms with van der Waals surface area (Å²) in [4.78, 5) is 36.4. The Morgan fingerprint density at radius 1 is 0.966 bits per heavy atom. The first-order chi connectivity index (χ1) is 14.1. The van der Waals surface area contributed by atoms with Crippen molar-refractivity contribution in [2.24, 2.45) is 0 Å². The van der Waals surface area contributed by atoms with Gasteiger partial charge in [-0.25, -0.2) is 19.9 Å². The number of carbonyl (C=O) groups excluding carboxylic acids is 1. The van der Waals surface area contributed by atoms with Gasteiger partial charge in [-0.15, -0.1) is 0 Å². The van der Waals surface area contributed by atoms with Crippen molar-refractivity contribution < 1.29 is 4.79 Å². The van der Waals surface area contributed by atoms with Crippen LogP contribution in [-0.4, -0.2) is 64.0 Å². The van der Waals surface area contributed by atoms with Crippen LogP contribution in [-0.2, 0) is 0 Å². The average Bonchev–Trinajstić information content (AvgIpc) is 2.79. The van der Waals surface area contributed by atoms with Gasteiger partial charge >= 0.3 is 0 Å². The number of carbonyl (C=O) groups is 1. The molecule has 0 bridgehead atoms. The molecule has 4 rings (SSSR count). The van der Waals surface area contributed by atoms with Gasteiger partial charge in [-0.05, 0) is 25.1 Å². The van der Waals surface area contributed by atoms with Crippen LogP contribution in [0, 0.1) is 6.92 Å². The van der Waals surface area contributed by atoms with Crippen LogP contribution in [0.1, 0.15) is 16.3 Å². The lowest BCUT2D eigenvalue weighted by atomic mass is 10.2. The number of hydrogen-bond donors (Lipinski definition) is 0.